The Morgan fingerprint density at radius 3 is 2.32 bits per heavy atom. The maximum atomic E-state index is 4.49. The third-order valence-electron chi connectivity index (χ3n) is 2.98. The van der Waals surface area contributed by atoms with Crippen LogP contribution in [0.1, 0.15) is 27.7 Å². The molecule has 19 heavy (non-hydrogen) atoms. The summed E-state index contributed by atoms with van der Waals surface area (Å²) in [6, 6.07) is 0. The molecular weight excluding hydrogens is 238 g/mol. The van der Waals surface area contributed by atoms with E-state index in [9.17, 15) is 0 Å². The molecule has 5 heteroatoms. The van der Waals surface area contributed by atoms with Gasteiger partial charge in [0.25, 0.3) is 0 Å². The van der Waals surface area contributed by atoms with Crippen molar-refractivity contribution in [1.29, 1.82) is 0 Å². The fraction of sp³-hybridized carbons (Fsp3) is 0.643. The predicted molar refractivity (Wildman–Crippen MR) is 78.2 cm³/mol. The number of aromatic nitrogens is 4. The number of anilines is 1. The van der Waals surface area contributed by atoms with Gasteiger partial charge in [-0.05, 0) is 11.8 Å². The largest absolute Gasteiger partial charge is 0.355 e. The zero-order valence-corrected chi connectivity index (χ0v) is 12.5. The maximum absolute atomic E-state index is 4.49. The Morgan fingerprint density at radius 1 is 1.11 bits per heavy atom. The van der Waals surface area contributed by atoms with Crippen LogP contribution in [-0.4, -0.2) is 32.8 Å². The van der Waals surface area contributed by atoms with Crippen LogP contribution in [0.2, 0.25) is 0 Å². The lowest BCUT2D eigenvalue weighted by molar-refractivity contribution is 0.550. The van der Waals surface area contributed by atoms with E-state index in [-0.39, 0.29) is 0 Å². The summed E-state index contributed by atoms with van der Waals surface area (Å²) in [5.74, 6) is 2.20. The number of aryl methyl sites for hydroxylation is 1. The van der Waals surface area contributed by atoms with Gasteiger partial charge in [-0.25, -0.2) is 9.97 Å². The van der Waals surface area contributed by atoms with Gasteiger partial charge in [-0.15, -0.1) is 0 Å². The molecule has 0 radical (unpaired) electrons. The van der Waals surface area contributed by atoms with E-state index in [1.54, 1.807) is 11.0 Å². The third kappa shape index (κ3) is 3.03. The van der Waals surface area contributed by atoms with E-state index in [1.165, 1.54) is 0 Å². The van der Waals surface area contributed by atoms with Crippen molar-refractivity contribution < 1.29 is 0 Å². The summed E-state index contributed by atoms with van der Waals surface area (Å²) in [6.45, 7) is 10.9. The molecule has 0 aromatic carbocycles. The summed E-state index contributed by atoms with van der Waals surface area (Å²) in [7, 11) is 1.91. The first-order chi connectivity index (χ1) is 8.99. The third-order valence-corrected chi connectivity index (χ3v) is 2.98. The number of fused-ring (bicyclic) bond motifs is 1. The molecule has 0 bridgehead atoms. The topological polar surface area (TPSA) is 46.8 Å². The lowest BCUT2D eigenvalue weighted by Gasteiger charge is -2.27. The number of hydrogen-bond acceptors (Lipinski definition) is 4. The lowest BCUT2D eigenvalue weighted by Crippen LogP contribution is -2.32. The molecule has 0 aliphatic carbocycles. The van der Waals surface area contributed by atoms with Crippen LogP contribution in [-0.2, 0) is 7.05 Å². The van der Waals surface area contributed by atoms with Crippen molar-refractivity contribution in [2.45, 2.75) is 27.7 Å². The fourth-order valence-electron chi connectivity index (χ4n) is 2.33. The van der Waals surface area contributed by atoms with Crippen molar-refractivity contribution in [3.8, 4) is 0 Å². The molecule has 0 N–H and O–H groups in total. The van der Waals surface area contributed by atoms with Crippen molar-refractivity contribution in [3.63, 3.8) is 0 Å². The molecule has 0 saturated carbocycles. The quantitative estimate of drug-likeness (QED) is 0.829. The van der Waals surface area contributed by atoms with Crippen LogP contribution in [0.4, 0.5) is 5.82 Å². The number of rotatable bonds is 5. The number of hydrogen-bond donors (Lipinski definition) is 0. The van der Waals surface area contributed by atoms with E-state index in [4.69, 9.17) is 0 Å². The maximum Gasteiger partial charge on any atom is 0.163 e. The molecule has 2 heterocycles. The van der Waals surface area contributed by atoms with Crippen molar-refractivity contribution in [1.82, 2.24) is 19.7 Å². The van der Waals surface area contributed by atoms with E-state index < -0.39 is 0 Å². The molecule has 0 amide bonds. The van der Waals surface area contributed by atoms with Gasteiger partial charge in [-0.3, -0.25) is 4.68 Å². The summed E-state index contributed by atoms with van der Waals surface area (Å²) < 4.78 is 1.80. The summed E-state index contributed by atoms with van der Waals surface area (Å²) in [4.78, 5) is 11.1. The summed E-state index contributed by atoms with van der Waals surface area (Å²) in [5, 5.41) is 5.32. The Kier molecular flexibility index (Phi) is 4.02. The van der Waals surface area contributed by atoms with Gasteiger partial charge in [0.05, 0.1) is 11.6 Å². The van der Waals surface area contributed by atoms with Crippen LogP contribution >= 0.6 is 0 Å². The molecule has 0 unspecified atom stereocenters. The molecule has 5 nitrogen and oxygen atoms in total. The normalized spacial score (nSPS) is 11.7. The van der Waals surface area contributed by atoms with E-state index in [0.717, 1.165) is 29.9 Å². The molecule has 104 valence electrons. The highest BCUT2D eigenvalue weighted by Crippen LogP contribution is 2.23. The van der Waals surface area contributed by atoms with Gasteiger partial charge in [0, 0.05) is 20.1 Å². The predicted octanol–water partition coefficient (Wildman–Crippen LogP) is 2.48. The molecule has 0 atom stereocenters. The minimum Gasteiger partial charge on any atom is -0.355 e. The minimum absolute atomic E-state index is 0.598. The van der Waals surface area contributed by atoms with Gasteiger partial charge in [0.1, 0.15) is 12.1 Å². The average molecular weight is 261 g/mol. The van der Waals surface area contributed by atoms with Crippen LogP contribution < -0.4 is 4.90 Å². The molecular formula is C14H23N5. The van der Waals surface area contributed by atoms with Gasteiger partial charge >= 0.3 is 0 Å². The molecule has 0 aliphatic heterocycles. The van der Waals surface area contributed by atoms with Crippen LogP contribution in [0.3, 0.4) is 0 Å². The first kappa shape index (κ1) is 13.8. The van der Waals surface area contributed by atoms with E-state index in [0.29, 0.717) is 11.8 Å². The highest BCUT2D eigenvalue weighted by atomic mass is 15.3. The fourth-order valence-corrected chi connectivity index (χ4v) is 2.33. The zero-order valence-electron chi connectivity index (χ0n) is 12.5. The smallest absolute Gasteiger partial charge is 0.163 e. The second-order valence-electron chi connectivity index (χ2n) is 5.90. The summed E-state index contributed by atoms with van der Waals surface area (Å²) >= 11 is 0. The van der Waals surface area contributed by atoms with E-state index in [2.05, 4.69) is 47.7 Å². The van der Waals surface area contributed by atoms with E-state index >= 15 is 0 Å². The van der Waals surface area contributed by atoms with Gasteiger partial charge in [0.15, 0.2) is 5.65 Å². The van der Waals surface area contributed by atoms with Crippen molar-refractivity contribution in [2.24, 2.45) is 18.9 Å². The Hall–Kier alpha value is -1.65. The highest BCUT2D eigenvalue weighted by Gasteiger charge is 2.16. The molecule has 0 fully saturated rings. The Balaban J connectivity index is 2.42. The second-order valence-corrected chi connectivity index (χ2v) is 5.90. The molecule has 0 saturated heterocycles. The molecule has 2 aromatic rings. The van der Waals surface area contributed by atoms with Gasteiger partial charge < -0.3 is 4.90 Å². The van der Waals surface area contributed by atoms with Gasteiger partial charge in [0.2, 0.25) is 0 Å². The van der Waals surface area contributed by atoms with Crippen LogP contribution in [0.15, 0.2) is 12.5 Å². The monoisotopic (exact) mass is 261 g/mol. The Labute approximate surface area is 114 Å². The Bertz CT molecular complexity index is 534. The first-order valence-electron chi connectivity index (χ1n) is 6.86. The Morgan fingerprint density at radius 2 is 1.74 bits per heavy atom. The zero-order chi connectivity index (χ0) is 14.0. The molecule has 0 aliphatic rings. The number of nitrogens with zero attached hydrogens (tertiary/aromatic N) is 5. The molecule has 2 aromatic heterocycles. The van der Waals surface area contributed by atoms with Crippen molar-refractivity contribution in [3.05, 3.63) is 12.5 Å². The average Bonchev–Trinajstić information content (AvgIpc) is 2.69. The second kappa shape index (κ2) is 5.55. The standard InChI is InChI=1S/C14H23N5/c1-10(2)7-19(8-11(3)4)14-12-6-17-18(5)13(12)15-9-16-14/h6,9-11H,7-8H2,1-5H3. The highest BCUT2D eigenvalue weighted by molar-refractivity contribution is 5.86. The van der Waals surface area contributed by atoms with Crippen LogP contribution in [0.5, 0.6) is 0 Å². The molecule has 0 spiro atoms. The summed E-state index contributed by atoms with van der Waals surface area (Å²) in [6.07, 6.45) is 3.49. The minimum atomic E-state index is 0.598. The lowest BCUT2D eigenvalue weighted by atomic mass is 10.1. The molecule has 2 rings (SSSR count). The van der Waals surface area contributed by atoms with Crippen molar-refractivity contribution in [2.75, 3.05) is 18.0 Å². The van der Waals surface area contributed by atoms with Crippen molar-refractivity contribution >= 4 is 16.9 Å². The summed E-state index contributed by atoms with van der Waals surface area (Å²) in [5.41, 5.74) is 0.891. The van der Waals surface area contributed by atoms with Gasteiger partial charge in [-0.1, -0.05) is 27.7 Å². The van der Waals surface area contributed by atoms with Crippen LogP contribution in [0.25, 0.3) is 11.0 Å². The first-order valence-corrected chi connectivity index (χ1v) is 6.86. The van der Waals surface area contributed by atoms with E-state index in [1.807, 2.05) is 13.2 Å². The SMILES string of the molecule is CC(C)CN(CC(C)C)c1ncnc2c1cnn2C. The van der Waals surface area contributed by atoms with Crippen LogP contribution in [0, 0.1) is 11.8 Å². The van der Waals surface area contributed by atoms with Gasteiger partial charge in [-0.2, -0.15) is 5.10 Å².